The molecular formula is C8H3Cl2FN2. The van der Waals surface area contributed by atoms with Crippen molar-refractivity contribution in [2.75, 3.05) is 0 Å². The van der Waals surface area contributed by atoms with Crippen molar-refractivity contribution in [3.63, 3.8) is 0 Å². The molecule has 0 aliphatic rings. The Morgan fingerprint density at radius 2 is 1.92 bits per heavy atom. The van der Waals surface area contributed by atoms with Crippen LogP contribution in [0.2, 0.25) is 10.2 Å². The molecule has 0 unspecified atom stereocenters. The lowest BCUT2D eigenvalue weighted by atomic mass is 10.2. The molecule has 2 aromatic rings. The van der Waals surface area contributed by atoms with Crippen molar-refractivity contribution >= 4 is 34.1 Å². The number of hydrogen-bond acceptors (Lipinski definition) is 2. The minimum absolute atomic E-state index is 0.0299. The van der Waals surface area contributed by atoms with Gasteiger partial charge >= 0.3 is 0 Å². The zero-order valence-electron chi connectivity index (χ0n) is 6.26. The van der Waals surface area contributed by atoms with Gasteiger partial charge in [0.15, 0.2) is 5.82 Å². The van der Waals surface area contributed by atoms with Crippen molar-refractivity contribution in [2.45, 2.75) is 0 Å². The van der Waals surface area contributed by atoms with Crippen molar-refractivity contribution in [2.24, 2.45) is 0 Å². The molecule has 0 N–H and O–H groups in total. The van der Waals surface area contributed by atoms with Gasteiger partial charge < -0.3 is 0 Å². The Morgan fingerprint density at radius 3 is 2.69 bits per heavy atom. The van der Waals surface area contributed by atoms with E-state index in [0.29, 0.717) is 5.39 Å². The van der Waals surface area contributed by atoms with Gasteiger partial charge in [0.05, 0.1) is 5.02 Å². The van der Waals surface area contributed by atoms with E-state index in [0.717, 1.165) is 0 Å². The van der Waals surface area contributed by atoms with Crippen molar-refractivity contribution in [3.8, 4) is 0 Å². The smallest absolute Gasteiger partial charge is 0.168 e. The highest BCUT2D eigenvalue weighted by Gasteiger charge is 2.08. The fourth-order valence-electron chi connectivity index (χ4n) is 1.04. The molecule has 0 amide bonds. The molecule has 0 spiro atoms. The van der Waals surface area contributed by atoms with Gasteiger partial charge in [0.25, 0.3) is 0 Å². The fourth-order valence-corrected chi connectivity index (χ4v) is 1.39. The summed E-state index contributed by atoms with van der Waals surface area (Å²) in [4.78, 5) is 7.47. The third-order valence-corrected chi connectivity index (χ3v) is 2.24. The lowest BCUT2D eigenvalue weighted by Crippen LogP contribution is -1.88. The monoisotopic (exact) mass is 216 g/mol. The maximum Gasteiger partial charge on any atom is 0.168 e. The number of benzene rings is 1. The van der Waals surface area contributed by atoms with Gasteiger partial charge in [-0.2, -0.15) is 0 Å². The quantitative estimate of drug-likeness (QED) is 0.633. The van der Waals surface area contributed by atoms with E-state index in [1.165, 1.54) is 12.4 Å². The maximum absolute atomic E-state index is 13.3. The van der Waals surface area contributed by atoms with Crippen molar-refractivity contribution in [3.05, 3.63) is 34.5 Å². The summed E-state index contributed by atoms with van der Waals surface area (Å²) in [5.74, 6) is -0.566. The van der Waals surface area contributed by atoms with Crippen LogP contribution in [0.5, 0.6) is 0 Å². The number of rotatable bonds is 0. The molecular weight excluding hydrogens is 214 g/mol. The van der Waals surface area contributed by atoms with Crippen LogP contribution < -0.4 is 0 Å². The lowest BCUT2D eigenvalue weighted by Gasteiger charge is -2.00. The van der Waals surface area contributed by atoms with Crippen LogP contribution in [-0.2, 0) is 0 Å². The average molecular weight is 217 g/mol. The van der Waals surface area contributed by atoms with Gasteiger partial charge in [-0.25, -0.2) is 14.4 Å². The van der Waals surface area contributed by atoms with Crippen LogP contribution in [0.25, 0.3) is 10.9 Å². The van der Waals surface area contributed by atoms with Gasteiger partial charge in [0.1, 0.15) is 17.0 Å². The Balaban J connectivity index is 2.94. The highest BCUT2D eigenvalue weighted by atomic mass is 35.5. The lowest BCUT2D eigenvalue weighted by molar-refractivity contribution is 0.637. The molecule has 66 valence electrons. The predicted octanol–water partition coefficient (Wildman–Crippen LogP) is 3.08. The second kappa shape index (κ2) is 3.09. The van der Waals surface area contributed by atoms with E-state index in [1.807, 2.05) is 0 Å². The molecule has 13 heavy (non-hydrogen) atoms. The van der Waals surface area contributed by atoms with Crippen LogP contribution in [0.3, 0.4) is 0 Å². The van der Waals surface area contributed by atoms with E-state index in [9.17, 15) is 4.39 Å². The molecule has 2 nitrogen and oxygen atoms in total. The van der Waals surface area contributed by atoms with Crippen molar-refractivity contribution in [1.29, 1.82) is 0 Å². The van der Waals surface area contributed by atoms with Crippen LogP contribution in [0.15, 0.2) is 18.5 Å². The van der Waals surface area contributed by atoms with Gasteiger partial charge in [-0.3, -0.25) is 0 Å². The summed E-state index contributed by atoms with van der Waals surface area (Å²) in [5, 5.41) is 0.717. The number of fused-ring (bicyclic) bond motifs is 1. The topological polar surface area (TPSA) is 25.8 Å². The second-order valence-electron chi connectivity index (χ2n) is 2.42. The number of nitrogens with zero attached hydrogens (tertiary/aromatic N) is 2. The van der Waals surface area contributed by atoms with Crippen LogP contribution >= 0.6 is 23.2 Å². The van der Waals surface area contributed by atoms with Crippen LogP contribution in [0.1, 0.15) is 0 Å². The van der Waals surface area contributed by atoms with Gasteiger partial charge in [0.2, 0.25) is 0 Å². The minimum atomic E-state index is -0.566. The molecule has 0 radical (unpaired) electrons. The SMILES string of the molecule is Fc1c(Cl)ccc2c(Cl)ncnc12. The molecule has 0 bridgehead atoms. The number of halogens is 3. The van der Waals surface area contributed by atoms with Crippen LogP contribution in [-0.4, -0.2) is 9.97 Å². The molecule has 0 saturated heterocycles. The van der Waals surface area contributed by atoms with Gasteiger partial charge in [0, 0.05) is 5.39 Å². The molecule has 2 rings (SSSR count). The van der Waals surface area contributed by atoms with Crippen LogP contribution in [0, 0.1) is 5.82 Å². The first kappa shape index (κ1) is 8.66. The Kier molecular flexibility index (Phi) is 2.06. The second-order valence-corrected chi connectivity index (χ2v) is 3.19. The highest BCUT2D eigenvalue weighted by Crippen LogP contribution is 2.25. The van der Waals surface area contributed by atoms with Gasteiger partial charge in [-0.1, -0.05) is 23.2 Å². The van der Waals surface area contributed by atoms with E-state index in [1.54, 1.807) is 6.07 Å². The summed E-state index contributed by atoms with van der Waals surface area (Å²) in [6, 6.07) is 3.01. The first-order valence-corrected chi connectivity index (χ1v) is 4.20. The first-order chi connectivity index (χ1) is 6.20. The Hall–Kier alpha value is -0.930. The predicted molar refractivity (Wildman–Crippen MR) is 49.5 cm³/mol. The fraction of sp³-hybridized carbons (Fsp3) is 0. The van der Waals surface area contributed by atoms with E-state index in [2.05, 4.69) is 9.97 Å². The molecule has 0 fully saturated rings. The Bertz CT molecular complexity index is 473. The van der Waals surface area contributed by atoms with E-state index < -0.39 is 5.82 Å². The van der Waals surface area contributed by atoms with E-state index >= 15 is 0 Å². The molecule has 0 aliphatic heterocycles. The zero-order chi connectivity index (χ0) is 9.42. The molecule has 0 saturated carbocycles. The van der Waals surface area contributed by atoms with Gasteiger partial charge in [-0.15, -0.1) is 0 Å². The summed E-state index contributed by atoms with van der Waals surface area (Å²) in [7, 11) is 0. The molecule has 1 aromatic carbocycles. The highest BCUT2D eigenvalue weighted by molar-refractivity contribution is 6.35. The molecule has 0 atom stereocenters. The Labute approximate surface area is 83.3 Å². The van der Waals surface area contributed by atoms with Crippen molar-refractivity contribution in [1.82, 2.24) is 9.97 Å². The normalized spacial score (nSPS) is 10.7. The van der Waals surface area contributed by atoms with E-state index in [4.69, 9.17) is 23.2 Å². The standard InChI is InChI=1S/C8H3Cl2FN2/c9-5-2-1-4-7(6(5)11)12-3-13-8(4)10/h1-3H. The third-order valence-electron chi connectivity index (χ3n) is 1.65. The average Bonchev–Trinajstić information content (AvgIpc) is 2.12. The summed E-state index contributed by atoms with van der Waals surface area (Å²) >= 11 is 11.3. The number of hydrogen-bond donors (Lipinski definition) is 0. The summed E-state index contributed by atoms with van der Waals surface area (Å²) < 4.78 is 13.3. The third kappa shape index (κ3) is 1.34. The number of aromatic nitrogens is 2. The van der Waals surface area contributed by atoms with E-state index in [-0.39, 0.29) is 15.7 Å². The minimum Gasteiger partial charge on any atom is -0.233 e. The molecule has 1 aromatic heterocycles. The molecule has 5 heteroatoms. The van der Waals surface area contributed by atoms with Gasteiger partial charge in [-0.05, 0) is 12.1 Å². The molecule has 0 aliphatic carbocycles. The Morgan fingerprint density at radius 1 is 1.15 bits per heavy atom. The van der Waals surface area contributed by atoms with Crippen molar-refractivity contribution < 1.29 is 4.39 Å². The summed E-state index contributed by atoms with van der Waals surface area (Å²) in [6.07, 6.45) is 1.20. The summed E-state index contributed by atoms with van der Waals surface area (Å²) in [6.45, 7) is 0. The first-order valence-electron chi connectivity index (χ1n) is 3.44. The van der Waals surface area contributed by atoms with Crippen LogP contribution in [0.4, 0.5) is 4.39 Å². The zero-order valence-corrected chi connectivity index (χ0v) is 7.77. The molecule has 1 heterocycles. The largest absolute Gasteiger partial charge is 0.233 e. The maximum atomic E-state index is 13.3. The summed E-state index contributed by atoms with van der Waals surface area (Å²) in [5.41, 5.74) is 0.146.